The normalized spacial score (nSPS) is 15.8. The van der Waals surface area contributed by atoms with Crippen molar-refractivity contribution in [1.82, 2.24) is 14.9 Å². The van der Waals surface area contributed by atoms with Gasteiger partial charge in [-0.05, 0) is 51.0 Å². The van der Waals surface area contributed by atoms with Crippen molar-refractivity contribution >= 4 is 22.7 Å². The fourth-order valence-electron chi connectivity index (χ4n) is 2.66. The Labute approximate surface area is 119 Å². The Morgan fingerprint density at radius 3 is 2.55 bits per heavy atom. The SMILES string of the molecule is Nc1nc2ccccc2nc1NCCCN1CCCC1. The third-order valence-corrected chi connectivity index (χ3v) is 3.74. The molecule has 0 atom stereocenters. The number of nitrogens with two attached hydrogens (primary N) is 1. The summed E-state index contributed by atoms with van der Waals surface area (Å²) in [6.45, 7) is 4.53. The molecule has 1 fully saturated rings. The number of nitrogens with zero attached hydrogens (tertiary/aromatic N) is 3. The first kappa shape index (κ1) is 13.1. The minimum Gasteiger partial charge on any atom is -0.381 e. The van der Waals surface area contributed by atoms with E-state index in [1.165, 1.54) is 25.9 Å². The van der Waals surface area contributed by atoms with Gasteiger partial charge in [0, 0.05) is 6.54 Å². The third kappa shape index (κ3) is 2.99. The molecule has 0 unspecified atom stereocenters. The highest BCUT2D eigenvalue weighted by Gasteiger charge is 2.10. The molecule has 1 aromatic carbocycles. The number of nitrogen functional groups attached to an aromatic ring is 1. The molecule has 3 N–H and O–H groups in total. The number of aromatic nitrogens is 2. The summed E-state index contributed by atoms with van der Waals surface area (Å²) in [6.07, 6.45) is 3.79. The maximum Gasteiger partial charge on any atom is 0.169 e. The number of hydrogen-bond donors (Lipinski definition) is 2. The van der Waals surface area contributed by atoms with E-state index in [0.29, 0.717) is 11.6 Å². The molecule has 1 aliphatic rings. The van der Waals surface area contributed by atoms with Crippen LogP contribution in [0.15, 0.2) is 24.3 Å². The molecule has 0 bridgehead atoms. The molecule has 20 heavy (non-hydrogen) atoms. The summed E-state index contributed by atoms with van der Waals surface area (Å²) < 4.78 is 0. The number of benzene rings is 1. The fraction of sp³-hybridized carbons (Fsp3) is 0.467. The first-order chi connectivity index (χ1) is 9.83. The lowest BCUT2D eigenvalue weighted by Crippen LogP contribution is -2.22. The molecule has 2 heterocycles. The second-order valence-corrected chi connectivity index (χ2v) is 5.28. The number of hydrogen-bond acceptors (Lipinski definition) is 5. The Balaban J connectivity index is 1.57. The van der Waals surface area contributed by atoms with Gasteiger partial charge < -0.3 is 16.0 Å². The Morgan fingerprint density at radius 2 is 1.80 bits per heavy atom. The lowest BCUT2D eigenvalue weighted by atomic mass is 10.3. The molecular formula is C15H21N5. The standard InChI is InChI=1S/C15H21N5/c16-14-15(17-8-5-11-20-9-3-4-10-20)19-13-7-2-1-6-12(13)18-14/h1-2,6-7H,3-5,8-11H2,(H2,16,18)(H,17,19). The Hall–Kier alpha value is -1.88. The molecular weight excluding hydrogens is 250 g/mol. The Bertz CT molecular complexity index is 577. The minimum atomic E-state index is 0.477. The molecule has 106 valence electrons. The van der Waals surface area contributed by atoms with Crippen LogP contribution in [0.3, 0.4) is 0 Å². The van der Waals surface area contributed by atoms with Gasteiger partial charge in [-0.1, -0.05) is 12.1 Å². The van der Waals surface area contributed by atoms with Gasteiger partial charge >= 0.3 is 0 Å². The van der Waals surface area contributed by atoms with Crippen LogP contribution in [0.5, 0.6) is 0 Å². The van der Waals surface area contributed by atoms with Crippen molar-refractivity contribution in [2.45, 2.75) is 19.3 Å². The molecule has 0 saturated carbocycles. The maximum atomic E-state index is 5.94. The average Bonchev–Trinajstić information content (AvgIpc) is 2.97. The van der Waals surface area contributed by atoms with E-state index in [1.807, 2.05) is 24.3 Å². The number of rotatable bonds is 5. The molecule has 5 nitrogen and oxygen atoms in total. The molecule has 0 spiro atoms. The van der Waals surface area contributed by atoms with E-state index in [0.717, 1.165) is 30.5 Å². The van der Waals surface area contributed by atoms with Gasteiger partial charge in [-0.3, -0.25) is 0 Å². The lowest BCUT2D eigenvalue weighted by Gasteiger charge is -2.14. The van der Waals surface area contributed by atoms with E-state index >= 15 is 0 Å². The second kappa shape index (κ2) is 6.05. The fourth-order valence-corrected chi connectivity index (χ4v) is 2.66. The number of fused-ring (bicyclic) bond motifs is 1. The van der Waals surface area contributed by atoms with Crippen molar-refractivity contribution in [3.8, 4) is 0 Å². The minimum absolute atomic E-state index is 0.477. The van der Waals surface area contributed by atoms with Crippen LogP contribution in [0.25, 0.3) is 11.0 Å². The van der Waals surface area contributed by atoms with E-state index in [2.05, 4.69) is 20.2 Å². The average molecular weight is 271 g/mol. The van der Waals surface area contributed by atoms with Crippen LogP contribution in [0.1, 0.15) is 19.3 Å². The smallest absolute Gasteiger partial charge is 0.169 e. The van der Waals surface area contributed by atoms with Crippen molar-refractivity contribution in [3.05, 3.63) is 24.3 Å². The Morgan fingerprint density at radius 1 is 1.10 bits per heavy atom. The zero-order valence-electron chi connectivity index (χ0n) is 11.7. The maximum absolute atomic E-state index is 5.94. The highest BCUT2D eigenvalue weighted by molar-refractivity contribution is 5.79. The summed E-state index contributed by atoms with van der Waals surface area (Å²) in [7, 11) is 0. The molecule has 0 aliphatic carbocycles. The van der Waals surface area contributed by atoms with E-state index in [1.54, 1.807) is 0 Å². The number of likely N-dealkylation sites (tertiary alicyclic amines) is 1. The van der Waals surface area contributed by atoms with Gasteiger partial charge in [-0.25, -0.2) is 9.97 Å². The first-order valence-electron chi connectivity index (χ1n) is 7.31. The summed E-state index contributed by atoms with van der Waals surface area (Å²) in [4.78, 5) is 11.4. The topological polar surface area (TPSA) is 67.1 Å². The molecule has 0 amide bonds. The van der Waals surface area contributed by atoms with Crippen LogP contribution in [-0.2, 0) is 0 Å². The quantitative estimate of drug-likeness (QED) is 0.815. The summed E-state index contributed by atoms with van der Waals surface area (Å²) in [5.74, 6) is 1.18. The first-order valence-corrected chi connectivity index (χ1v) is 7.31. The van der Waals surface area contributed by atoms with Gasteiger partial charge in [0.05, 0.1) is 11.0 Å². The van der Waals surface area contributed by atoms with Crippen LogP contribution >= 0.6 is 0 Å². The van der Waals surface area contributed by atoms with Gasteiger partial charge in [0.1, 0.15) is 0 Å². The molecule has 5 heteroatoms. The Kier molecular flexibility index (Phi) is 3.97. The zero-order chi connectivity index (χ0) is 13.8. The molecule has 0 radical (unpaired) electrons. The monoisotopic (exact) mass is 271 g/mol. The zero-order valence-corrected chi connectivity index (χ0v) is 11.7. The largest absolute Gasteiger partial charge is 0.381 e. The molecule has 1 saturated heterocycles. The van der Waals surface area contributed by atoms with Gasteiger partial charge in [-0.15, -0.1) is 0 Å². The van der Waals surface area contributed by atoms with Crippen molar-refractivity contribution in [1.29, 1.82) is 0 Å². The summed E-state index contributed by atoms with van der Waals surface area (Å²) in [6, 6.07) is 7.79. The summed E-state index contributed by atoms with van der Waals surface area (Å²) in [5.41, 5.74) is 7.66. The molecule has 2 aromatic rings. The number of para-hydroxylation sites is 2. The van der Waals surface area contributed by atoms with Crippen LogP contribution in [0.4, 0.5) is 11.6 Å². The highest BCUT2D eigenvalue weighted by Crippen LogP contribution is 2.18. The number of nitrogens with one attached hydrogen (secondary N) is 1. The van der Waals surface area contributed by atoms with Gasteiger partial charge in [0.2, 0.25) is 0 Å². The highest BCUT2D eigenvalue weighted by atomic mass is 15.1. The number of anilines is 2. The second-order valence-electron chi connectivity index (χ2n) is 5.28. The predicted octanol–water partition coefficient (Wildman–Crippen LogP) is 2.11. The van der Waals surface area contributed by atoms with E-state index in [4.69, 9.17) is 5.73 Å². The van der Waals surface area contributed by atoms with Gasteiger partial charge in [-0.2, -0.15) is 0 Å². The van der Waals surface area contributed by atoms with Crippen LogP contribution in [0, 0.1) is 0 Å². The molecule has 1 aliphatic heterocycles. The predicted molar refractivity (Wildman–Crippen MR) is 82.7 cm³/mol. The van der Waals surface area contributed by atoms with E-state index in [-0.39, 0.29) is 0 Å². The lowest BCUT2D eigenvalue weighted by molar-refractivity contribution is 0.337. The van der Waals surface area contributed by atoms with Crippen molar-refractivity contribution in [2.24, 2.45) is 0 Å². The van der Waals surface area contributed by atoms with Crippen molar-refractivity contribution in [2.75, 3.05) is 37.2 Å². The third-order valence-electron chi connectivity index (χ3n) is 3.74. The van der Waals surface area contributed by atoms with E-state index in [9.17, 15) is 0 Å². The summed E-state index contributed by atoms with van der Waals surface area (Å²) >= 11 is 0. The van der Waals surface area contributed by atoms with Crippen LogP contribution in [0.2, 0.25) is 0 Å². The van der Waals surface area contributed by atoms with Crippen LogP contribution in [-0.4, -0.2) is 41.0 Å². The van der Waals surface area contributed by atoms with Crippen LogP contribution < -0.4 is 11.1 Å². The van der Waals surface area contributed by atoms with Crippen molar-refractivity contribution < 1.29 is 0 Å². The van der Waals surface area contributed by atoms with Gasteiger partial charge in [0.15, 0.2) is 11.6 Å². The van der Waals surface area contributed by atoms with Gasteiger partial charge in [0.25, 0.3) is 0 Å². The molecule has 3 rings (SSSR count). The van der Waals surface area contributed by atoms with E-state index < -0.39 is 0 Å². The molecule has 1 aromatic heterocycles. The van der Waals surface area contributed by atoms with Crippen molar-refractivity contribution in [3.63, 3.8) is 0 Å². The summed E-state index contributed by atoms with van der Waals surface area (Å²) in [5, 5.41) is 3.30.